The Morgan fingerprint density at radius 1 is 0.979 bits per heavy atom. The van der Waals surface area contributed by atoms with Crippen molar-refractivity contribution in [2.45, 2.75) is 102 Å². The van der Waals surface area contributed by atoms with Crippen molar-refractivity contribution in [2.75, 3.05) is 6.61 Å². The number of ether oxygens (including phenoxy) is 3. The van der Waals surface area contributed by atoms with E-state index in [9.17, 15) is 34.8 Å². The van der Waals surface area contributed by atoms with E-state index >= 15 is 0 Å². The molecular formula is C37H44O10. The van der Waals surface area contributed by atoms with Crippen LogP contribution in [-0.4, -0.2) is 86.5 Å². The lowest BCUT2D eigenvalue weighted by Gasteiger charge is -2.66. The minimum atomic E-state index is -2.02. The first-order valence-corrected chi connectivity index (χ1v) is 16.2. The van der Waals surface area contributed by atoms with Gasteiger partial charge in [-0.3, -0.25) is 4.79 Å². The van der Waals surface area contributed by atoms with Crippen LogP contribution >= 0.6 is 0 Å². The van der Waals surface area contributed by atoms with Gasteiger partial charge in [0.15, 0.2) is 6.10 Å². The molecule has 252 valence electrons. The van der Waals surface area contributed by atoms with Crippen LogP contribution in [0.2, 0.25) is 0 Å². The van der Waals surface area contributed by atoms with E-state index in [1.807, 2.05) is 6.07 Å². The van der Waals surface area contributed by atoms with Crippen LogP contribution in [0.5, 0.6) is 0 Å². The zero-order valence-electron chi connectivity index (χ0n) is 27.4. The van der Waals surface area contributed by atoms with Crippen molar-refractivity contribution in [1.29, 1.82) is 0 Å². The third-order valence-electron chi connectivity index (χ3n) is 11.9. The standard InChI is InChI=1S/C37H44O10/c1-20(22-12-8-6-9-13-22)29(40)33(42)46-25-18-37(44)31(47-32(41)23-14-10-7-11-15-23)30-35(5,27(39)17-28-36(30,43)19-45-28)26(38)16-24(21(25)2)34(37,3)4/h6-15,20,25,27-31,39-40,43-44H,16-19H2,1-5H3/t20-,25?,27?,28?,29?,30?,31?,35+,36?,37?/m0/s1. The smallest absolute Gasteiger partial charge is 0.338 e. The summed E-state index contributed by atoms with van der Waals surface area (Å²) in [4.78, 5) is 41.7. The fourth-order valence-electron chi connectivity index (χ4n) is 8.55. The van der Waals surface area contributed by atoms with Crippen LogP contribution in [0.4, 0.5) is 0 Å². The number of carbonyl (C=O) groups is 3. The average Bonchev–Trinajstić information content (AvgIpc) is 3.05. The molecule has 10 nitrogen and oxygen atoms in total. The number of esters is 2. The van der Waals surface area contributed by atoms with Crippen LogP contribution in [-0.2, 0) is 23.8 Å². The van der Waals surface area contributed by atoms with E-state index < -0.39 is 82.1 Å². The summed E-state index contributed by atoms with van der Waals surface area (Å²) in [5, 5.41) is 47.8. The van der Waals surface area contributed by atoms with Gasteiger partial charge in [-0.15, -0.1) is 0 Å². The van der Waals surface area contributed by atoms with Gasteiger partial charge in [0.2, 0.25) is 0 Å². The van der Waals surface area contributed by atoms with Crippen molar-refractivity contribution < 1.29 is 49.0 Å². The van der Waals surface area contributed by atoms with Crippen molar-refractivity contribution in [3.63, 3.8) is 0 Å². The van der Waals surface area contributed by atoms with Crippen molar-refractivity contribution in [1.82, 2.24) is 0 Å². The highest BCUT2D eigenvalue weighted by atomic mass is 16.6. The molecule has 6 rings (SSSR count). The molecule has 1 saturated heterocycles. The minimum absolute atomic E-state index is 0.00777. The molecule has 4 N–H and O–H groups in total. The van der Waals surface area contributed by atoms with Crippen molar-refractivity contribution in [3.8, 4) is 0 Å². The molecule has 1 aliphatic heterocycles. The first-order chi connectivity index (χ1) is 22.1. The van der Waals surface area contributed by atoms with Gasteiger partial charge in [0.25, 0.3) is 0 Å². The van der Waals surface area contributed by atoms with E-state index in [4.69, 9.17) is 14.2 Å². The van der Waals surface area contributed by atoms with Gasteiger partial charge in [-0.25, -0.2) is 9.59 Å². The summed E-state index contributed by atoms with van der Waals surface area (Å²) < 4.78 is 17.8. The highest BCUT2D eigenvalue weighted by molar-refractivity contribution is 5.91. The molecule has 10 heteroatoms. The van der Waals surface area contributed by atoms with E-state index in [2.05, 4.69) is 0 Å². The Bertz CT molecular complexity index is 1590. The van der Waals surface area contributed by atoms with E-state index in [0.29, 0.717) is 11.1 Å². The largest absolute Gasteiger partial charge is 0.456 e. The normalized spacial score (nSPS) is 37.2. The number of hydrogen-bond acceptors (Lipinski definition) is 10. The predicted octanol–water partition coefficient (Wildman–Crippen LogP) is 3.26. The SMILES string of the molecule is CC1=C2CC(=O)[C@]3(C)C(O)CC4OCC4(O)C3C(OC(=O)c3ccccc3)C(O)(CC1OC(=O)C(O)[C@@H](C)c1ccccc1)C2(C)C. The van der Waals surface area contributed by atoms with Gasteiger partial charge in [0, 0.05) is 36.5 Å². The number of fused-ring (bicyclic) bond motifs is 5. The molecule has 2 aromatic carbocycles. The second-order valence-corrected chi connectivity index (χ2v) is 14.6. The third-order valence-corrected chi connectivity index (χ3v) is 11.9. The number of aliphatic hydroxyl groups is 4. The summed E-state index contributed by atoms with van der Waals surface area (Å²) in [6, 6.07) is 17.2. The highest BCUT2D eigenvalue weighted by Crippen LogP contribution is 2.63. The van der Waals surface area contributed by atoms with Crippen LogP contribution in [0, 0.1) is 16.7 Å². The molecule has 0 amide bonds. The monoisotopic (exact) mass is 648 g/mol. The van der Waals surface area contributed by atoms with Crippen molar-refractivity contribution >= 4 is 17.7 Å². The van der Waals surface area contributed by atoms with Crippen LogP contribution in [0.1, 0.15) is 75.7 Å². The number of aliphatic hydroxyl groups excluding tert-OH is 2. The number of hydrogen-bond donors (Lipinski definition) is 4. The summed E-state index contributed by atoms with van der Waals surface area (Å²) >= 11 is 0. The summed E-state index contributed by atoms with van der Waals surface area (Å²) in [5.41, 5.74) is -4.65. The van der Waals surface area contributed by atoms with E-state index in [0.717, 1.165) is 5.56 Å². The molecule has 0 radical (unpaired) electrons. The molecule has 3 fully saturated rings. The molecule has 0 aromatic heterocycles. The molecule has 0 spiro atoms. The number of rotatable bonds is 6. The van der Waals surface area contributed by atoms with Crippen molar-refractivity contribution in [2.24, 2.45) is 16.7 Å². The van der Waals surface area contributed by atoms with Gasteiger partial charge in [-0.05, 0) is 37.1 Å². The Kier molecular flexibility index (Phi) is 8.29. The molecule has 8 unspecified atom stereocenters. The fraction of sp³-hybridized carbons (Fsp3) is 0.541. The second kappa shape index (κ2) is 11.6. The summed E-state index contributed by atoms with van der Waals surface area (Å²) in [6.07, 6.45) is -6.77. The Hall–Kier alpha value is -3.41. The molecular weight excluding hydrogens is 604 g/mol. The molecule has 4 aliphatic rings. The number of ketones is 1. The first kappa shape index (κ1) is 33.5. The zero-order valence-corrected chi connectivity index (χ0v) is 27.4. The van der Waals surface area contributed by atoms with Crippen LogP contribution in [0.25, 0.3) is 0 Å². The topological polar surface area (TPSA) is 160 Å². The molecule has 2 aromatic rings. The Balaban J connectivity index is 1.46. The first-order valence-electron chi connectivity index (χ1n) is 16.2. The van der Waals surface area contributed by atoms with E-state index in [1.54, 1.807) is 89.2 Å². The predicted molar refractivity (Wildman–Crippen MR) is 169 cm³/mol. The lowest BCUT2D eigenvalue weighted by molar-refractivity contribution is -0.342. The molecule has 1 heterocycles. The van der Waals surface area contributed by atoms with Gasteiger partial charge in [0.1, 0.15) is 29.2 Å². The van der Waals surface area contributed by atoms with Crippen molar-refractivity contribution in [3.05, 3.63) is 82.9 Å². The van der Waals surface area contributed by atoms with Crippen LogP contribution in [0.15, 0.2) is 71.8 Å². The third kappa shape index (κ3) is 4.99. The van der Waals surface area contributed by atoms with Crippen LogP contribution < -0.4 is 0 Å². The molecule has 47 heavy (non-hydrogen) atoms. The van der Waals surface area contributed by atoms with Crippen LogP contribution in [0.3, 0.4) is 0 Å². The van der Waals surface area contributed by atoms with Gasteiger partial charge in [0.05, 0.1) is 29.8 Å². The maximum Gasteiger partial charge on any atom is 0.338 e. The Morgan fingerprint density at radius 3 is 2.19 bits per heavy atom. The second-order valence-electron chi connectivity index (χ2n) is 14.6. The number of carbonyl (C=O) groups excluding carboxylic acids is 3. The zero-order chi connectivity index (χ0) is 34.1. The maximum absolute atomic E-state index is 14.5. The minimum Gasteiger partial charge on any atom is -0.456 e. The van der Waals surface area contributed by atoms with E-state index in [1.165, 1.54) is 0 Å². The Morgan fingerprint density at radius 2 is 1.60 bits per heavy atom. The molecule has 3 aliphatic carbocycles. The maximum atomic E-state index is 14.5. The average molecular weight is 649 g/mol. The lowest BCUT2D eigenvalue weighted by Crippen LogP contribution is -2.80. The number of benzene rings is 2. The van der Waals surface area contributed by atoms with Gasteiger partial charge in [-0.2, -0.15) is 0 Å². The molecule has 2 saturated carbocycles. The fourth-order valence-corrected chi connectivity index (χ4v) is 8.55. The van der Waals surface area contributed by atoms with Gasteiger partial charge in [-0.1, -0.05) is 74.9 Å². The highest BCUT2D eigenvalue weighted by Gasteiger charge is 2.75. The lowest BCUT2D eigenvalue weighted by atomic mass is 9.45. The molecule has 2 bridgehead atoms. The Labute approximate surface area is 274 Å². The summed E-state index contributed by atoms with van der Waals surface area (Å²) in [6.45, 7) is 8.30. The van der Waals surface area contributed by atoms with Gasteiger partial charge >= 0.3 is 11.9 Å². The number of Topliss-reactive ketones (excluding diaryl/α,β-unsaturated/α-hetero) is 1. The quantitative estimate of drug-likeness (QED) is 0.271. The summed E-state index contributed by atoms with van der Waals surface area (Å²) in [7, 11) is 0. The molecule has 10 atom stereocenters. The van der Waals surface area contributed by atoms with Gasteiger partial charge < -0.3 is 34.6 Å². The summed E-state index contributed by atoms with van der Waals surface area (Å²) in [5.74, 6) is -3.97. The van der Waals surface area contributed by atoms with E-state index in [-0.39, 0.29) is 31.4 Å².